The van der Waals surface area contributed by atoms with Crippen molar-refractivity contribution >= 4 is 30.1 Å². The summed E-state index contributed by atoms with van der Waals surface area (Å²) in [5.41, 5.74) is 0.771. The number of thioether (sulfide) groups is 1. The second kappa shape index (κ2) is 7.24. The van der Waals surface area contributed by atoms with Crippen LogP contribution in [-0.4, -0.2) is 34.3 Å². The molecule has 1 fully saturated rings. The third-order valence-electron chi connectivity index (χ3n) is 4.49. The molecule has 1 saturated heterocycles. The lowest BCUT2D eigenvalue weighted by molar-refractivity contribution is -0.109. The van der Waals surface area contributed by atoms with Crippen molar-refractivity contribution in [3.05, 3.63) is 34.8 Å². The number of carbonyl (C=O) groups is 1. The molecule has 1 aliphatic heterocycles. The molecule has 2 rings (SSSR count). The van der Waals surface area contributed by atoms with E-state index in [0.717, 1.165) is 11.0 Å². The maximum absolute atomic E-state index is 11.4. The van der Waals surface area contributed by atoms with E-state index in [2.05, 4.69) is 0 Å². The van der Waals surface area contributed by atoms with Gasteiger partial charge in [0.05, 0.1) is 16.8 Å². The number of hydrogen-bond donors (Lipinski definition) is 1. The Hall–Kier alpha value is -1.75. The highest BCUT2D eigenvalue weighted by Gasteiger charge is 2.52. The Balaban J connectivity index is 2.37. The fraction of sp³-hybridized carbons (Fsp3) is 0.444. The lowest BCUT2D eigenvalue weighted by atomic mass is 9.78. The van der Waals surface area contributed by atoms with Crippen LogP contribution in [0.25, 0.3) is 6.08 Å². The minimum Gasteiger partial charge on any atom is -0.507 e. The average Bonchev–Trinajstić information content (AvgIpc) is 2.73. The van der Waals surface area contributed by atoms with Crippen molar-refractivity contribution in [2.24, 2.45) is 0 Å². The van der Waals surface area contributed by atoms with Crippen LogP contribution < -0.4 is 0 Å². The molecule has 0 spiro atoms. The third kappa shape index (κ3) is 4.46. The molecule has 1 aliphatic rings. The summed E-state index contributed by atoms with van der Waals surface area (Å²) < 4.78 is 12.2. The number of nitrogens with zero attached hydrogens (tertiary/aromatic N) is 1. The van der Waals surface area contributed by atoms with E-state index in [4.69, 9.17) is 14.6 Å². The number of aromatic hydroxyl groups is 1. The van der Waals surface area contributed by atoms with Gasteiger partial charge in [-0.05, 0) is 50.9 Å². The van der Waals surface area contributed by atoms with Crippen molar-refractivity contribution in [2.45, 2.75) is 45.8 Å². The van der Waals surface area contributed by atoms with Crippen molar-refractivity contribution in [1.82, 2.24) is 0 Å². The largest absolute Gasteiger partial charge is 0.507 e. The summed E-state index contributed by atoms with van der Waals surface area (Å²) in [5, 5.41) is 18.7. The van der Waals surface area contributed by atoms with Crippen LogP contribution in [0.2, 0.25) is 0 Å². The van der Waals surface area contributed by atoms with Crippen molar-refractivity contribution in [1.29, 1.82) is 5.26 Å². The third-order valence-corrected chi connectivity index (χ3v) is 5.38. The van der Waals surface area contributed by atoms with Gasteiger partial charge in [0.25, 0.3) is 0 Å². The number of nitriles is 1. The van der Waals surface area contributed by atoms with E-state index in [0.29, 0.717) is 5.75 Å². The maximum Gasteiger partial charge on any atom is 0.491 e. The molecule has 25 heavy (non-hydrogen) atoms. The van der Waals surface area contributed by atoms with E-state index >= 15 is 0 Å². The van der Waals surface area contributed by atoms with E-state index in [1.54, 1.807) is 12.1 Å². The summed E-state index contributed by atoms with van der Waals surface area (Å²) in [6.07, 6.45) is 1.85. The molecule has 0 atom stereocenters. The van der Waals surface area contributed by atoms with Gasteiger partial charge >= 0.3 is 7.12 Å². The van der Waals surface area contributed by atoms with Crippen LogP contribution in [0, 0.1) is 11.3 Å². The smallest absolute Gasteiger partial charge is 0.491 e. The van der Waals surface area contributed by atoms with E-state index < -0.39 is 18.3 Å². The van der Waals surface area contributed by atoms with Gasteiger partial charge in [-0.25, -0.2) is 0 Å². The molecule has 7 heteroatoms. The molecule has 0 radical (unpaired) electrons. The van der Waals surface area contributed by atoms with Crippen LogP contribution in [0.3, 0.4) is 0 Å². The molecule has 1 aromatic carbocycles. The predicted octanol–water partition coefficient (Wildman–Crippen LogP) is 3.56. The number of benzene rings is 1. The number of rotatable bonds is 4. The van der Waals surface area contributed by atoms with Gasteiger partial charge < -0.3 is 14.4 Å². The van der Waals surface area contributed by atoms with E-state index in [9.17, 15) is 9.90 Å². The monoisotopic (exact) mass is 359 g/mol. The molecule has 0 amide bonds. The Bertz CT molecular complexity index is 736. The fourth-order valence-electron chi connectivity index (χ4n) is 2.30. The molecule has 5 nitrogen and oxygen atoms in total. The topological polar surface area (TPSA) is 79.5 Å². The highest BCUT2D eigenvalue weighted by molar-refractivity contribution is 8.13. The molecular formula is C18H22BNO4S. The summed E-state index contributed by atoms with van der Waals surface area (Å²) in [6, 6.07) is 6.73. The van der Waals surface area contributed by atoms with E-state index in [1.165, 1.54) is 24.8 Å². The zero-order chi connectivity index (χ0) is 18.8. The van der Waals surface area contributed by atoms with Crippen molar-refractivity contribution in [3.63, 3.8) is 0 Å². The standard InChI is InChI=1S/C18H22BNO4S/c1-12(21)25-11-15(19-23-17(2,3)18(4,5)24-19)9-13-6-7-16(22)14(8-13)10-20/h6-9,22H,11H2,1-5H3. The molecule has 0 aromatic heterocycles. The van der Waals surface area contributed by atoms with Crippen LogP contribution >= 0.6 is 11.8 Å². The van der Waals surface area contributed by atoms with Crippen LogP contribution in [0.15, 0.2) is 23.7 Å². The molecular weight excluding hydrogens is 337 g/mol. The second-order valence-corrected chi connectivity index (χ2v) is 8.13. The predicted molar refractivity (Wildman–Crippen MR) is 100 cm³/mol. The molecule has 0 saturated carbocycles. The van der Waals surface area contributed by atoms with Crippen LogP contribution in [0.5, 0.6) is 5.75 Å². The van der Waals surface area contributed by atoms with E-state index in [-0.39, 0.29) is 16.4 Å². The molecule has 0 bridgehead atoms. The van der Waals surface area contributed by atoms with Gasteiger partial charge in [0, 0.05) is 12.7 Å². The van der Waals surface area contributed by atoms with Crippen molar-refractivity contribution in [2.75, 3.05) is 5.75 Å². The van der Waals surface area contributed by atoms with E-state index in [1.807, 2.05) is 39.8 Å². The number of carbonyl (C=O) groups excluding carboxylic acids is 1. The Labute approximate surface area is 153 Å². The first-order valence-corrected chi connectivity index (χ1v) is 8.97. The van der Waals surface area contributed by atoms with Crippen molar-refractivity contribution < 1.29 is 19.2 Å². The van der Waals surface area contributed by atoms with Gasteiger partial charge in [-0.15, -0.1) is 0 Å². The molecule has 1 heterocycles. The first-order chi connectivity index (χ1) is 11.6. The first kappa shape index (κ1) is 19.6. The highest BCUT2D eigenvalue weighted by atomic mass is 32.2. The van der Waals surface area contributed by atoms with Crippen LogP contribution in [-0.2, 0) is 14.1 Å². The molecule has 1 N–H and O–H groups in total. The van der Waals surface area contributed by atoms with Crippen LogP contribution in [0.4, 0.5) is 0 Å². The summed E-state index contributed by atoms with van der Waals surface area (Å²) in [7, 11) is -0.573. The van der Waals surface area contributed by atoms with Gasteiger partial charge in [0.1, 0.15) is 11.8 Å². The highest BCUT2D eigenvalue weighted by Crippen LogP contribution is 2.39. The molecule has 0 unspecified atom stereocenters. The lowest BCUT2D eigenvalue weighted by Crippen LogP contribution is -2.41. The summed E-state index contributed by atoms with van der Waals surface area (Å²) in [6.45, 7) is 9.39. The minimum absolute atomic E-state index is 0.00540. The molecule has 0 aliphatic carbocycles. The van der Waals surface area contributed by atoms with Crippen molar-refractivity contribution in [3.8, 4) is 11.8 Å². The molecule has 132 valence electrons. The summed E-state index contributed by atoms with van der Waals surface area (Å²) >= 11 is 1.18. The second-order valence-electron chi connectivity index (χ2n) is 6.98. The van der Waals surface area contributed by atoms with Crippen LogP contribution in [0.1, 0.15) is 45.7 Å². The molecule has 1 aromatic rings. The number of phenols is 1. The first-order valence-electron chi connectivity index (χ1n) is 7.98. The summed E-state index contributed by atoms with van der Waals surface area (Å²) in [5.74, 6) is 0.365. The zero-order valence-corrected chi connectivity index (χ0v) is 15.9. The van der Waals surface area contributed by atoms with Gasteiger partial charge in [0.2, 0.25) is 0 Å². The Morgan fingerprint density at radius 2 is 1.92 bits per heavy atom. The number of hydrogen-bond acceptors (Lipinski definition) is 6. The van der Waals surface area contributed by atoms with Gasteiger partial charge in [-0.3, -0.25) is 4.79 Å². The van der Waals surface area contributed by atoms with Gasteiger partial charge in [-0.1, -0.05) is 23.9 Å². The normalized spacial score (nSPS) is 18.9. The fourth-order valence-corrected chi connectivity index (χ4v) is 2.89. The van der Waals surface area contributed by atoms with Gasteiger partial charge in [-0.2, -0.15) is 5.26 Å². The Kier molecular flexibility index (Phi) is 5.67. The SMILES string of the molecule is CC(=O)SCC(=Cc1ccc(O)c(C#N)c1)B1OC(C)(C)C(C)(C)O1. The summed E-state index contributed by atoms with van der Waals surface area (Å²) in [4.78, 5) is 11.4. The Morgan fingerprint density at radius 3 is 2.44 bits per heavy atom. The minimum atomic E-state index is -0.573. The zero-order valence-electron chi connectivity index (χ0n) is 15.1. The Morgan fingerprint density at radius 1 is 1.32 bits per heavy atom. The van der Waals surface area contributed by atoms with Gasteiger partial charge in [0.15, 0.2) is 5.12 Å². The number of phenolic OH excluding ortho intramolecular Hbond substituents is 1. The quantitative estimate of drug-likeness (QED) is 0.828. The lowest BCUT2D eigenvalue weighted by Gasteiger charge is -2.32. The maximum atomic E-state index is 11.4. The average molecular weight is 359 g/mol.